The van der Waals surface area contributed by atoms with Gasteiger partial charge in [-0.05, 0) is 43.5 Å². The summed E-state index contributed by atoms with van der Waals surface area (Å²) in [7, 11) is 0. The predicted molar refractivity (Wildman–Crippen MR) is 130 cm³/mol. The molecule has 172 valence electrons. The van der Waals surface area contributed by atoms with Crippen molar-refractivity contribution in [3.8, 4) is 0 Å². The van der Waals surface area contributed by atoms with Gasteiger partial charge in [0.1, 0.15) is 0 Å². The first kappa shape index (κ1) is 24.3. The number of nitro benzene ring substituents is 1. The molecule has 3 rings (SSSR count). The molecule has 2 amide bonds. The lowest BCUT2D eigenvalue weighted by atomic mass is 10.1. The highest BCUT2D eigenvalue weighted by molar-refractivity contribution is 8.01. The number of rotatable bonds is 10. The molecule has 2 N–H and O–H groups in total. The Morgan fingerprint density at radius 1 is 1.12 bits per heavy atom. The van der Waals surface area contributed by atoms with Crippen LogP contribution in [0.15, 0.2) is 46.8 Å². The molecular weight excluding hydrogens is 462 g/mol. The van der Waals surface area contributed by atoms with Crippen molar-refractivity contribution in [3.63, 3.8) is 0 Å². The number of thioether (sulfide) groups is 1. The van der Waals surface area contributed by atoms with E-state index >= 15 is 0 Å². The number of nitro groups is 1. The van der Waals surface area contributed by atoms with Crippen LogP contribution in [0.4, 0.5) is 16.5 Å². The van der Waals surface area contributed by atoms with Crippen LogP contribution in [0.5, 0.6) is 0 Å². The zero-order valence-corrected chi connectivity index (χ0v) is 19.8. The minimum atomic E-state index is -0.530. The number of carbonyl (C=O) groups excluding carboxylic acids is 2. The van der Waals surface area contributed by atoms with Crippen LogP contribution in [-0.4, -0.2) is 32.7 Å². The number of amides is 2. The number of carbonyl (C=O) groups is 2. The van der Waals surface area contributed by atoms with Gasteiger partial charge >= 0.3 is 0 Å². The molecule has 9 nitrogen and oxygen atoms in total. The maximum Gasteiger partial charge on any atom is 0.273 e. The van der Waals surface area contributed by atoms with E-state index < -0.39 is 10.8 Å². The van der Waals surface area contributed by atoms with Gasteiger partial charge in [-0.25, -0.2) is 0 Å². The Morgan fingerprint density at radius 3 is 2.58 bits per heavy atom. The summed E-state index contributed by atoms with van der Waals surface area (Å²) in [4.78, 5) is 35.2. The van der Waals surface area contributed by atoms with Crippen LogP contribution in [0.2, 0.25) is 0 Å². The number of unbranched alkanes of at least 4 members (excludes halogenated alkanes) is 1. The molecule has 3 aromatic rings. The van der Waals surface area contributed by atoms with Gasteiger partial charge in [-0.3, -0.25) is 25.0 Å². The number of aryl methyl sites for hydroxylation is 2. The highest BCUT2D eigenvalue weighted by Gasteiger charge is 2.17. The van der Waals surface area contributed by atoms with E-state index in [-0.39, 0.29) is 28.0 Å². The average Bonchev–Trinajstić information content (AvgIpc) is 3.24. The highest BCUT2D eigenvalue weighted by atomic mass is 32.2. The molecule has 1 heterocycles. The first-order chi connectivity index (χ1) is 15.9. The van der Waals surface area contributed by atoms with E-state index in [0.717, 1.165) is 36.3 Å². The molecule has 0 saturated carbocycles. The SMILES string of the molecule is CCCCc1ccc(NC(=O)CSc2nnc(NC(=O)c3ccc(C)c([N+](=O)[O-])c3)s2)cc1. The largest absolute Gasteiger partial charge is 0.325 e. The summed E-state index contributed by atoms with van der Waals surface area (Å²) in [6.45, 7) is 3.76. The third kappa shape index (κ3) is 7.09. The molecule has 0 aliphatic heterocycles. The fraction of sp³-hybridized carbons (Fsp3) is 0.273. The molecule has 0 bridgehead atoms. The zero-order chi connectivity index (χ0) is 23.8. The second-order valence-electron chi connectivity index (χ2n) is 7.22. The number of nitrogens with zero attached hydrogens (tertiary/aromatic N) is 3. The van der Waals surface area contributed by atoms with Crippen molar-refractivity contribution in [1.29, 1.82) is 0 Å². The molecule has 0 spiro atoms. The predicted octanol–water partition coefficient (Wildman–Crippen LogP) is 5.08. The van der Waals surface area contributed by atoms with Crippen molar-refractivity contribution < 1.29 is 14.5 Å². The Balaban J connectivity index is 1.50. The van der Waals surface area contributed by atoms with Crippen molar-refractivity contribution in [1.82, 2.24) is 10.2 Å². The average molecular weight is 486 g/mol. The second kappa shape index (κ2) is 11.5. The van der Waals surface area contributed by atoms with Gasteiger partial charge in [0.15, 0.2) is 4.34 Å². The van der Waals surface area contributed by atoms with E-state index in [4.69, 9.17) is 0 Å². The van der Waals surface area contributed by atoms with Crippen LogP contribution in [0, 0.1) is 17.0 Å². The van der Waals surface area contributed by atoms with Gasteiger partial charge in [-0.1, -0.05) is 54.6 Å². The van der Waals surface area contributed by atoms with E-state index in [1.165, 1.54) is 35.5 Å². The van der Waals surface area contributed by atoms with Gasteiger partial charge in [0.2, 0.25) is 11.0 Å². The van der Waals surface area contributed by atoms with E-state index in [9.17, 15) is 19.7 Å². The molecule has 33 heavy (non-hydrogen) atoms. The summed E-state index contributed by atoms with van der Waals surface area (Å²) in [6.07, 6.45) is 3.30. The minimum Gasteiger partial charge on any atom is -0.325 e. The normalized spacial score (nSPS) is 10.6. The summed E-state index contributed by atoms with van der Waals surface area (Å²) in [5.74, 6) is -0.551. The lowest BCUT2D eigenvalue weighted by Crippen LogP contribution is -2.13. The lowest BCUT2D eigenvalue weighted by molar-refractivity contribution is -0.385. The van der Waals surface area contributed by atoms with Gasteiger partial charge in [-0.15, -0.1) is 10.2 Å². The first-order valence-electron chi connectivity index (χ1n) is 10.3. The van der Waals surface area contributed by atoms with Crippen LogP contribution < -0.4 is 10.6 Å². The van der Waals surface area contributed by atoms with E-state index in [0.29, 0.717) is 9.90 Å². The first-order valence-corrected chi connectivity index (χ1v) is 12.1. The summed E-state index contributed by atoms with van der Waals surface area (Å²) in [5.41, 5.74) is 2.47. The minimum absolute atomic E-state index is 0.127. The lowest BCUT2D eigenvalue weighted by Gasteiger charge is -2.06. The van der Waals surface area contributed by atoms with Crippen molar-refractivity contribution in [2.24, 2.45) is 0 Å². The molecule has 0 aliphatic rings. The third-order valence-corrected chi connectivity index (χ3v) is 6.65. The van der Waals surface area contributed by atoms with Crippen molar-refractivity contribution in [3.05, 3.63) is 69.3 Å². The van der Waals surface area contributed by atoms with Gasteiger partial charge in [0, 0.05) is 22.9 Å². The molecular formula is C22H23N5O4S2. The number of aromatic nitrogens is 2. The maximum absolute atomic E-state index is 12.4. The summed E-state index contributed by atoms with van der Waals surface area (Å²) < 4.78 is 0.519. The highest BCUT2D eigenvalue weighted by Crippen LogP contribution is 2.26. The Bertz CT molecular complexity index is 1150. The number of hydrogen-bond donors (Lipinski definition) is 2. The van der Waals surface area contributed by atoms with E-state index in [1.807, 2.05) is 24.3 Å². The number of hydrogen-bond acceptors (Lipinski definition) is 8. The molecule has 0 atom stereocenters. The molecule has 0 fully saturated rings. The number of nitrogens with one attached hydrogen (secondary N) is 2. The van der Waals surface area contributed by atoms with Gasteiger partial charge < -0.3 is 5.32 Å². The van der Waals surface area contributed by atoms with E-state index in [2.05, 4.69) is 27.8 Å². The Labute approximate surface area is 199 Å². The van der Waals surface area contributed by atoms with E-state index in [1.54, 1.807) is 6.92 Å². The molecule has 0 unspecified atom stereocenters. The van der Waals surface area contributed by atoms with Crippen LogP contribution in [-0.2, 0) is 11.2 Å². The second-order valence-corrected chi connectivity index (χ2v) is 9.42. The fourth-order valence-corrected chi connectivity index (χ4v) is 4.44. The number of benzene rings is 2. The Hall–Kier alpha value is -3.31. The summed E-state index contributed by atoms with van der Waals surface area (Å²) >= 11 is 2.33. The van der Waals surface area contributed by atoms with Crippen LogP contribution in [0.3, 0.4) is 0 Å². The maximum atomic E-state index is 12.4. The Morgan fingerprint density at radius 2 is 1.88 bits per heavy atom. The Kier molecular flexibility index (Phi) is 8.50. The van der Waals surface area contributed by atoms with Gasteiger partial charge in [-0.2, -0.15) is 0 Å². The zero-order valence-electron chi connectivity index (χ0n) is 18.2. The van der Waals surface area contributed by atoms with Crippen molar-refractivity contribution in [2.45, 2.75) is 37.4 Å². The molecule has 0 saturated heterocycles. The van der Waals surface area contributed by atoms with Gasteiger partial charge in [0.25, 0.3) is 11.6 Å². The number of anilines is 2. The monoisotopic (exact) mass is 485 g/mol. The standard InChI is InChI=1S/C22H23N5O4S2/c1-3-4-5-15-7-10-17(11-8-15)23-19(28)13-32-22-26-25-21(33-22)24-20(29)16-9-6-14(2)18(12-16)27(30)31/h6-12H,3-5,13H2,1-2H3,(H,23,28)(H,24,25,29). The summed E-state index contributed by atoms with van der Waals surface area (Å²) in [5, 5.41) is 24.6. The molecule has 1 aromatic heterocycles. The quantitative estimate of drug-likeness (QED) is 0.177. The molecule has 0 aliphatic carbocycles. The third-order valence-electron chi connectivity index (χ3n) is 4.68. The van der Waals surface area contributed by atoms with Crippen molar-refractivity contribution >= 4 is 51.4 Å². The summed E-state index contributed by atoms with van der Waals surface area (Å²) in [6, 6.07) is 12.1. The molecule has 11 heteroatoms. The van der Waals surface area contributed by atoms with Crippen LogP contribution in [0.1, 0.15) is 41.3 Å². The van der Waals surface area contributed by atoms with Crippen LogP contribution in [0.25, 0.3) is 0 Å². The molecule has 0 radical (unpaired) electrons. The van der Waals surface area contributed by atoms with Crippen LogP contribution >= 0.6 is 23.1 Å². The topological polar surface area (TPSA) is 127 Å². The molecule has 2 aromatic carbocycles. The smallest absolute Gasteiger partial charge is 0.273 e. The van der Waals surface area contributed by atoms with Crippen molar-refractivity contribution in [2.75, 3.05) is 16.4 Å². The van der Waals surface area contributed by atoms with Gasteiger partial charge in [0.05, 0.1) is 10.7 Å². The fourth-order valence-electron chi connectivity index (χ4n) is 2.90.